The van der Waals surface area contributed by atoms with Gasteiger partial charge in [0.2, 0.25) is 5.91 Å². The minimum Gasteiger partial charge on any atom is -0.480 e. The summed E-state index contributed by atoms with van der Waals surface area (Å²) in [6.07, 6.45) is 8.06. The van der Waals surface area contributed by atoms with Gasteiger partial charge in [-0.05, 0) is 38.4 Å². The van der Waals surface area contributed by atoms with Crippen LogP contribution in [-0.2, 0) is 19.1 Å². The van der Waals surface area contributed by atoms with Gasteiger partial charge in [-0.2, -0.15) is 0 Å². The Morgan fingerprint density at radius 3 is 2.40 bits per heavy atom. The number of para-hydroxylation sites is 1. The number of carbonyl (C=O) groups excluding carboxylic acids is 2. The Kier molecular flexibility index (Phi) is 17.9. The molecule has 0 radical (unpaired) electrons. The number of hydrogen-bond donors (Lipinski definition) is 3. The maximum absolute atomic E-state index is 13.3. The number of fused-ring (bicyclic) bond motifs is 1. The van der Waals surface area contributed by atoms with Crippen LogP contribution in [-0.4, -0.2) is 60.5 Å². The SMILES string of the molecule is CCOC(=O)C(CCCCCCCCCN)N[C@H]1CSc2ccccc2N(CC(=O)O)C1=O.Cl.Cl. The summed E-state index contributed by atoms with van der Waals surface area (Å²) in [5.41, 5.74) is 6.11. The zero-order chi connectivity index (χ0) is 24.1. The molecule has 0 aliphatic carbocycles. The summed E-state index contributed by atoms with van der Waals surface area (Å²) >= 11 is 1.48. The number of esters is 1. The molecule has 0 saturated heterocycles. The van der Waals surface area contributed by atoms with E-state index in [9.17, 15) is 19.5 Å². The number of aliphatic carboxylic acids is 1. The van der Waals surface area contributed by atoms with E-state index in [2.05, 4.69) is 5.32 Å². The quantitative estimate of drug-likeness (QED) is 0.220. The van der Waals surface area contributed by atoms with Crippen molar-refractivity contribution in [2.75, 3.05) is 30.3 Å². The van der Waals surface area contributed by atoms with Crippen LogP contribution in [0.15, 0.2) is 29.2 Å². The van der Waals surface area contributed by atoms with E-state index < -0.39 is 24.6 Å². The number of amides is 1. The summed E-state index contributed by atoms with van der Waals surface area (Å²) < 4.78 is 5.25. The first-order valence-corrected chi connectivity index (χ1v) is 12.8. The lowest BCUT2D eigenvalue weighted by atomic mass is 10.0. The highest BCUT2D eigenvalue weighted by Crippen LogP contribution is 2.34. The summed E-state index contributed by atoms with van der Waals surface area (Å²) in [6, 6.07) is 5.98. The topological polar surface area (TPSA) is 122 Å². The van der Waals surface area contributed by atoms with Crippen molar-refractivity contribution in [1.29, 1.82) is 0 Å². The Bertz CT molecular complexity index is 787. The van der Waals surface area contributed by atoms with Crippen LogP contribution >= 0.6 is 36.6 Å². The van der Waals surface area contributed by atoms with Crippen LogP contribution in [0.2, 0.25) is 0 Å². The van der Waals surface area contributed by atoms with Crippen molar-refractivity contribution in [3.05, 3.63) is 24.3 Å². The minimum atomic E-state index is -1.09. The van der Waals surface area contributed by atoms with Crippen molar-refractivity contribution in [2.24, 2.45) is 5.73 Å². The van der Waals surface area contributed by atoms with Crippen LogP contribution in [0, 0.1) is 0 Å². The van der Waals surface area contributed by atoms with Crippen molar-refractivity contribution in [1.82, 2.24) is 5.32 Å². The Hall–Kier alpha value is -1.52. The fraction of sp³-hybridized carbons (Fsp3) is 0.625. The molecule has 0 aromatic heterocycles. The molecule has 1 aromatic carbocycles. The first-order valence-electron chi connectivity index (χ1n) is 11.9. The van der Waals surface area contributed by atoms with Gasteiger partial charge in [-0.15, -0.1) is 36.6 Å². The van der Waals surface area contributed by atoms with E-state index in [0.717, 1.165) is 50.0 Å². The summed E-state index contributed by atoms with van der Waals surface area (Å²) in [5.74, 6) is -1.39. The van der Waals surface area contributed by atoms with Gasteiger partial charge in [0.1, 0.15) is 12.6 Å². The molecule has 1 amide bonds. The number of benzene rings is 1. The fourth-order valence-corrected chi connectivity index (χ4v) is 4.99. The molecule has 1 aliphatic heterocycles. The number of halogens is 2. The fourth-order valence-electron chi connectivity index (χ4n) is 3.90. The standard InChI is InChI=1S/C24H37N3O5S.2ClH/c1-2-32-24(31)18(12-8-6-4-3-5-7-11-15-25)26-19-17-33-21-14-10-9-13-20(21)27(23(19)30)16-22(28)29;;/h9-10,13-14,18-19,26H,2-8,11-12,15-17,25H2,1H3,(H,28,29);2*1H/t18?,19-;;/m0../s1. The third kappa shape index (κ3) is 11.4. The largest absolute Gasteiger partial charge is 0.480 e. The number of nitrogens with zero attached hydrogens (tertiary/aromatic N) is 1. The summed E-state index contributed by atoms with van der Waals surface area (Å²) in [6.45, 7) is 2.33. The number of carboxylic acids is 1. The number of rotatable bonds is 15. The maximum Gasteiger partial charge on any atom is 0.323 e. The van der Waals surface area contributed by atoms with Crippen LogP contribution in [0.1, 0.15) is 58.3 Å². The van der Waals surface area contributed by atoms with E-state index in [-0.39, 0.29) is 43.3 Å². The molecule has 0 spiro atoms. The van der Waals surface area contributed by atoms with Gasteiger partial charge < -0.3 is 15.6 Å². The molecule has 1 heterocycles. The van der Waals surface area contributed by atoms with Crippen molar-refractivity contribution in [3.63, 3.8) is 0 Å². The molecule has 0 fully saturated rings. The Labute approximate surface area is 224 Å². The molecule has 11 heteroatoms. The average Bonchev–Trinajstić information content (AvgIpc) is 2.92. The number of anilines is 1. The summed E-state index contributed by atoms with van der Waals surface area (Å²) in [5, 5.41) is 12.6. The number of nitrogens with one attached hydrogen (secondary N) is 1. The first kappa shape index (κ1) is 33.5. The van der Waals surface area contributed by atoms with E-state index in [1.807, 2.05) is 12.1 Å². The Morgan fingerprint density at radius 2 is 1.77 bits per heavy atom. The molecule has 2 atom stereocenters. The third-order valence-corrected chi connectivity index (χ3v) is 6.75. The minimum absolute atomic E-state index is 0. The molecule has 4 N–H and O–H groups in total. The van der Waals surface area contributed by atoms with Gasteiger partial charge in [0.05, 0.1) is 18.3 Å². The van der Waals surface area contributed by atoms with Gasteiger partial charge in [0.25, 0.3) is 0 Å². The van der Waals surface area contributed by atoms with Gasteiger partial charge in [-0.1, -0.05) is 50.7 Å². The number of carboxylic acid groups (broad SMARTS) is 1. The van der Waals surface area contributed by atoms with Crippen LogP contribution in [0.25, 0.3) is 0 Å². The molecular weight excluding hydrogens is 513 g/mol. The summed E-state index contributed by atoms with van der Waals surface area (Å²) in [4.78, 5) is 39.5. The van der Waals surface area contributed by atoms with E-state index in [4.69, 9.17) is 10.5 Å². The van der Waals surface area contributed by atoms with Gasteiger partial charge in [-0.25, -0.2) is 0 Å². The summed E-state index contributed by atoms with van der Waals surface area (Å²) in [7, 11) is 0. The highest BCUT2D eigenvalue weighted by molar-refractivity contribution is 7.99. The number of thioether (sulfide) groups is 1. The van der Waals surface area contributed by atoms with Gasteiger partial charge in [0.15, 0.2) is 0 Å². The van der Waals surface area contributed by atoms with E-state index in [1.165, 1.54) is 23.1 Å². The zero-order valence-corrected chi connectivity index (χ0v) is 22.7. The second kappa shape index (κ2) is 18.7. The number of ether oxygens (including phenoxy) is 1. The number of unbranched alkanes of at least 4 members (excludes halogenated alkanes) is 6. The molecule has 2 rings (SSSR count). The smallest absolute Gasteiger partial charge is 0.323 e. The maximum atomic E-state index is 13.3. The van der Waals surface area contributed by atoms with Crippen LogP contribution in [0.3, 0.4) is 0 Å². The monoisotopic (exact) mass is 551 g/mol. The number of nitrogens with two attached hydrogens (primary N) is 1. The lowest BCUT2D eigenvalue weighted by Gasteiger charge is -2.27. The molecule has 200 valence electrons. The molecule has 35 heavy (non-hydrogen) atoms. The molecule has 0 bridgehead atoms. The lowest BCUT2D eigenvalue weighted by Crippen LogP contribution is -2.54. The molecule has 1 aromatic rings. The normalized spacial score (nSPS) is 15.8. The van der Waals surface area contributed by atoms with E-state index in [1.54, 1.807) is 19.1 Å². The molecule has 8 nitrogen and oxygen atoms in total. The van der Waals surface area contributed by atoms with Gasteiger partial charge in [0, 0.05) is 10.6 Å². The lowest BCUT2D eigenvalue weighted by molar-refractivity contribution is -0.146. The van der Waals surface area contributed by atoms with Gasteiger partial charge >= 0.3 is 11.9 Å². The number of carbonyl (C=O) groups is 3. The van der Waals surface area contributed by atoms with E-state index in [0.29, 0.717) is 17.9 Å². The van der Waals surface area contributed by atoms with Crippen LogP contribution in [0.5, 0.6) is 0 Å². The molecule has 1 unspecified atom stereocenters. The Balaban J connectivity index is 0.00000578. The third-order valence-electron chi connectivity index (χ3n) is 5.59. The number of hydrogen-bond acceptors (Lipinski definition) is 7. The predicted octanol–water partition coefficient (Wildman–Crippen LogP) is 4.02. The highest BCUT2D eigenvalue weighted by atomic mass is 35.5. The van der Waals surface area contributed by atoms with Crippen LogP contribution in [0.4, 0.5) is 5.69 Å². The first-order chi connectivity index (χ1) is 16.0. The molecule has 0 saturated carbocycles. The molecule has 1 aliphatic rings. The highest BCUT2D eigenvalue weighted by Gasteiger charge is 2.34. The second-order valence-corrected chi connectivity index (χ2v) is 9.23. The van der Waals surface area contributed by atoms with Crippen molar-refractivity contribution in [2.45, 2.75) is 75.3 Å². The van der Waals surface area contributed by atoms with Crippen molar-refractivity contribution in [3.8, 4) is 0 Å². The van der Waals surface area contributed by atoms with Crippen molar-refractivity contribution < 1.29 is 24.2 Å². The second-order valence-electron chi connectivity index (χ2n) is 8.17. The Morgan fingerprint density at radius 1 is 1.14 bits per heavy atom. The van der Waals surface area contributed by atoms with Gasteiger partial charge in [-0.3, -0.25) is 24.6 Å². The zero-order valence-electron chi connectivity index (χ0n) is 20.3. The predicted molar refractivity (Wildman–Crippen MR) is 145 cm³/mol. The average molecular weight is 553 g/mol. The van der Waals surface area contributed by atoms with Crippen LogP contribution < -0.4 is 16.0 Å². The van der Waals surface area contributed by atoms with Crippen molar-refractivity contribution >= 4 is 60.1 Å². The van der Waals surface area contributed by atoms with E-state index >= 15 is 0 Å². The molecular formula is C24H39Cl2N3O5S.